The summed E-state index contributed by atoms with van der Waals surface area (Å²) >= 11 is 0. The first-order valence-corrected chi connectivity index (χ1v) is 10.7. The van der Waals surface area contributed by atoms with Gasteiger partial charge in [-0.25, -0.2) is 14.6 Å². The number of carbonyl (C=O) groups excluding carboxylic acids is 3. The Morgan fingerprint density at radius 1 is 0.941 bits per heavy atom. The van der Waals surface area contributed by atoms with E-state index in [0.717, 1.165) is 10.9 Å². The molecule has 0 saturated heterocycles. The fraction of sp³-hybridized carbons (Fsp3) is 0.200. The molecule has 176 valence electrons. The number of rotatable bonds is 9. The van der Waals surface area contributed by atoms with Gasteiger partial charge >= 0.3 is 12.0 Å². The summed E-state index contributed by atoms with van der Waals surface area (Å²) in [5.74, 6) is -0.502. The van der Waals surface area contributed by atoms with Crippen LogP contribution in [0.5, 0.6) is 11.5 Å². The lowest BCUT2D eigenvalue weighted by atomic mass is 10.2. The largest absolute Gasteiger partial charge is 0.490 e. The van der Waals surface area contributed by atoms with Crippen molar-refractivity contribution in [3.05, 3.63) is 66.4 Å². The number of ether oxygens (including phenoxy) is 3. The van der Waals surface area contributed by atoms with E-state index in [9.17, 15) is 14.4 Å². The fourth-order valence-corrected chi connectivity index (χ4v) is 2.97. The lowest BCUT2D eigenvalue weighted by Gasteiger charge is -2.13. The Balaban J connectivity index is 1.47. The van der Waals surface area contributed by atoms with Gasteiger partial charge in [0.15, 0.2) is 18.1 Å². The number of anilines is 1. The Bertz CT molecular complexity index is 1210. The molecule has 9 heteroatoms. The maximum atomic E-state index is 12.1. The first-order valence-electron chi connectivity index (χ1n) is 10.7. The summed E-state index contributed by atoms with van der Waals surface area (Å²) in [4.78, 5) is 40.3. The van der Waals surface area contributed by atoms with Gasteiger partial charge in [0.1, 0.15) is 0 Å². The van der Waals surface area contributed by atoms with E-state index in [-0.39, 0.29) is 0 Å². The number of esters is 1. The van der Waals surface area contributed by atoms with Crippen LogP contribution in [-0.4, -0.2) is 42.7 Å². The van der Waals surface area contributed by atoms with Gasteiger partial charge in [0.25, 0.3) is 5.91 Å². The highest BCUT2D eigenvalue weighted by atomic mass is 16.5. The third kappa shape index (κ3) is 7.06. The molecule has 34 heavy (non-hydrogen) atoms. The number of urea groups is 1. The molecule has 2 N–H and O–H groups in total. The molecule has 0 aliphatic heterocycles. The molecule has 1 aromatic heterocycles. The molecular weight excluding hydrogens is 438 g/mol. The number of nitrogens with one attached hydrogen (secondary N) is 2. The molecule has 0 radical (unpaired) electrons. The molecule has 3 aromatic rings. The lowest BCUT2D eigenvalue weighted by Crippen LogP contribution is -2.37. The van der Waals surface area contributed by atoms with E-state index >= 15 is 0 Å². The van der Waals surface area contributed by atoms with Gasteiger partial charge < -0.3 is 19.5 Å². The maximum Gasteiger partial charge on any atom is 0.331 e. The average molecular weight is 463 g/mol. The summed E-state index contributed by atoms with van der Waals surface area (Å²) in [6, 6.07) is 15.3. The highest BCUT2D eigenvalue weighted by Gasteiger charge is 2.12. The summed E-state index contributed by atoms with van der Waals surface area (Å²) in [5, 5.41) is 5.60. The number of aromatic nitrogens is 1. The van der Waals surface area contributed by atoms with Gasteiger partial charge in [0, 0.05) is 23.2 Å². The fourth-order valence-electron chi connectivity index (χ4n) is 2.97. The molecule has 9 nitrogen and oxygen atoms in total. The molecule has 0 aliphatic rings. The van der Waals surface area contributed by atoms with Crippen LogP contribution in [0.1, 0.15) is 19.5 Å². The number of para-hydroxylation sites is 1. The van der Waals surface area contributed by atoms with Gasteiger partial charge in [-0.15, -0.1) is 0 Å². The van der Waals surface area contributed by atoms with Gasteiger partial charge in [-0.1, -0.05) is 24.3 Å². The number of fused-ring (bicyclic) bond motifs is 1. The molecule has 0 saturated carbocycles. The highest BCUT2D eigenvalue weighted by Crippen LogP contribution is 2.30. The van der Waals surface area contributed by atoms with Crippen LogP contribution in [0.25, 0.3) is 17.0 Å². The van der Waals surface area contributed by atoms with Crippen LogP contribution >= 0.6 is 0 Å². The number of nitrogens with zero attached hydrogens (tertiary/aromatic N) is 1. The second kappa shape index (κ2) is 12.0. The molecule has 0 spiro atoms. The van der Waals surface area contributed by atoms with Crippen molar-refractivity contribution in [3.63, 3.8) is 0 Å². The van der Waals surface area contributed by atoms with E-state index in [4.69, 9.17) is 14.2 Å². The van der Waals surface area contributed by atoms with Gasteiger partial charge in [0.05, 0.1) is 24.4 Å². The van der Waals surface area contributed by atoms with Gasteiger partial charge in [-0.2, -0.15) is 0 Å². The van der Waals surface area contributed by atoms with E-state index < -0.39 is 24.5 Å². The number of amides is 3. The zero-order valence-corrected chi connectivity index (χ0v) is 18.9. The van der Waals surface area contributed by atoms with Crippen LogP contribution in [-0.2, 0) is 14.3 Å². The summed E-state index contributed by atoms with van der Waals surface area (Å²) < 4.78 is 15.8. The van der Waals surface area contributed by atoms with Crippen molar-refractivity contribution < 1.29 is 28.6 Å². The lowest BCUT2D eigenvalue weighted by molar-refractivity contribution is -0.143. The van der Waals surface area contributed by atoms with Crippen molar-refractivity contribution in [1.29, 1.82) is 0 Å². The molecule has 0 bridgehead atoms. The molecule has 0 fully saturated rings. The number of imide groups is 1. The van der Waals surface area contributed by atoms with Crippen LogP contribution in [0, 0.1) is 0 Å². The Morgan fingerprint density at radius 3 is 2.50 bits per heavy atom. The van der Waals surface area contributed by atoms with Crippen LogP contribution < -0.4 is 20.1 Å². The SMILES string of the molecule is CCOc1ccc(NC(=O)NC(=O)COC(=O)/C=C/c2ccc3ccccc3n2)cc1OCC. The predicted molar refractivity (Wildman–Crippen MR) is 128 cm³/mol. The topological polar surface area (TPSA) is 116 Å². The van der Waals surface area contributed by atoms with Crippen molar-refractivity contribution in [3.8, 4) is 11.5 Å². The Labute approximate surface area is 196 Å². The second-order valence-corrected chi connectivity index (χ2v) is 6.90. The van der Waals surface area contributed by atoms with Crippen molar-refractivity contribution in [1.82, 2.24) is 10.3 Å². The van der Waals surface area contributed by atoms with Crippen LogP contribution in [0.15, 0.2) is 60.7 Å². The van der Waals surface area contributed by atoms with Crippen LogP contribution in [0.3, 0.4) is 0 Å². The minimum atomic E-state index is -0.779. The summed E-state index contributed by atoms with van der Waals surface area (Å²) in [5.41, 5.74) is 1.77. The van der Waals surface area contributed by atoms with E-state index in [1.54, 1.807) is 24.3 Å². The number of pyridine rings is 1. The monoisotopic (exact) mass is 463 g/mol. The normalized spacial score (nSPS) is 10.6. The molecule has 2 aromatic carbocycles. The Morgan fingerprint density at radius 2 is 1.71 bits per heavy atom. The van der Waals surface area contributed by atoms with E-state index in [1.165, 1.54) is 12.2 Å². The molecule has 0 unspecified atom stereocenters. The molecule has 3 amide bonds. The van der Waals surface area contributed by atoms with Crippen LogP contribution in [0.4, 0.5) is 10.5 Å². The van der Waals surface area contributed by atoms with Crippen molar-refractivity contribution >= 4 is 40.6 Å². The standard InChI is InChI=1S/C25H25N3O6/c1-3-32-21-13-11-19(15-22(21)33-4-2)27-25(31)28-23(29)16-34-24(30)14-12-18-10-9-17-7-5-6-8-20(17)26-18/h5-15H,3-4,16H2,1-2H3,(H2,27,28,29,31)/b14-12+. The molecule has 1 heterocycles. The smallest absolute Gasteiger partial charge is 0.331 e. The minimum absolute atomic E-state index is 0.403. The molecule has 0 atom stereocenters. The minimum Gasteiger partial charge on any atom is -0.490 e. The van der Waals surface area contributed by atoms with Crippen molar-refractivity contribution in [2.45, 2.75) is 13.8 Å². The number of benzene rings is 2. The molecule has 3 rings (SSSR count). The summed E-state index contributed by atoms with van der Waals surface area (Å²) in [6.45, 7) is 3.95. The van der Waals surface area contributed by atoms with E-state index in [1.807, 2.05) is 44.2 Å². The quantitative estimate of drug-likeness (QED) is 0.365. The summed E-state index contributed by atoms with van der Waals surface area (Å²) in [7, 11) is 0. The second-order valence-electron chi connectivity index (χ2n) is 6.90. The van der Waals surface area contributed by atoms with E-state index in [2.05, 4.69) is 15.6 Å². The number of hydrogen-bond donors (Lipinski definition) is 2. The highest BCUT2D eigenvalue weighted by molar-refractivity contribution is 6.02. The zero-order chi connectivity index (χ0) is 24.3. The maximum absolute atomic E-state index is 12.1. The van der Waals surface area contributed by atoms with Crippen molar-refractivity contribution in [2.24, 2.45) is 0 Å². The molecular formula is C25H25N3O6. The third-order valence-corrected chi connectivity index (χ3v) is 4.41. The van der Waals surface area contributed by atoms with Crippen LogP contribution in [0.2, 0.25) is 0 Å². The number of carbonyl (C=O) groups is 3. The third-order valence-electron chi connectivity index (χ3n) is 4.41. The Kier molecular flexibility index (Phi) is 8.56. The first kappa shape index (κ1) is 24.2. The predicted octanol–water partition coefficient (Wildman–Crippen LogP) is 3.94. The number of hydrogen-bond acceptors (Lipinski definition) is 7. The van der Waals surface area contributed by atoms with Gasteiger partial charge in [-0.3, -0.25) is 10.1 Å². The first-order chi connectivity index (χ1) is 16.5. The van der Waals surface area contributed by atoms with Gasteiger partial charge in [0.2, 0.25) is 0 Å². The molecule has 0 aliphatic carbocycles. The van der Waals surface area contributed by atoms with Crippen molar-refractivity contribution in [2.75, 3.05) is 25.1 Å². The van der Waals surface area contributed by atoms with Gasteiger partial charge in [-0.05, 0) is 44.2 Å². The average Bonchev–Trinajstić information content (AvgIpc) is 2.83. The Hall–Kier alpha value is -4.40. The summed E-state index contributed by atoms with van der Waals surface area (Å²) in [6.07, 6.45) is 2.65. The zero-order valence-electron chi connectivity index (χ0n) is 18.9. The van der Waals surface area contributed by atoms with E-state index in [0.29, 0.717) is 36.1 Å².